The van der Waals surface area contributed by atoms with Crippen molar-refractivity contribution in [3.05, 3.63) is 0 Å². The van der Waals surface area contributed by atoms with Crippen LogP contribution in [0.2, 0.25) is 0 Å². The first-order valence-corrected chi connectivity index (χ1v) is 8.14. The minimum Gasteiger partial charge on any atom is -0.379 e. The Hall–Kier alpha value is 0.0900. The molecular weight excluding hydrogens is 256 g/mol. The third-order valence-corrected chi connectivity index (χ3v) is 6.26. The van der Waals surface area contributed by atoms with Crippen molar-refractivity contribution < 1.29 is 9.53 Å². The Bertz CT molecular complexity index is 285. The molecule has 0 bridgehead atoms. The molecule has 0 radical (unpaired) electrons. The minimum atomic E-state index is -0.549. The second kappa shape index (κ2) is 5.82. The van der Waals surface area contributed by atoms with Crippen molar-refractivity contribution in [1.82, 2.24) is 5.32 Å². The second-order valence-corrected chi connectivity index (χ2v) is 7.37. The van der Waals surface area contributed by atoms with E-state index in [1.165, 1.54) is 11.5 Å². The summed E-state index contributed by atoms with van der Waals surface area (Å²) in [5.41, 5.74) is 5.38. The molecule has 17 heavy (non-hydrogen) atoms. The molecule has 0 aromatic rings. The zero-order valence-electron chi connectivity index (χ0n) is 10.1. The molecule has 2 rings (SSSR count). The molecule has 3 unspecified atom stereocenters. The number of ether oxygens (including phenoxy) is 1. The summed E-state index contributed by atoms with van der Waals surface area (Å²) in [6, 6.07) is -0.184. The average molecular weight is 276 g/mol. The molecule has 2 heterocycles. The van der Waals surface area contributed by atoms with Crippen LogP contribution < -0.4 is 11.1 Å². The maximum Gasteiger partial charge on any atom is 0.229 e. The number of carbonyl (C=O) groups is 1. The van der Waals surface area contributed by atoms with Gasteiger partial charge in [-0.1, -0.05) is 0 Å². The van der Waals surface area contributed by atoms with E-state index in [-0.39, 0.29) is 11.9 Å². The zero-order chi connectivity index (χ0) is 12.3. The number of nitrogens with one attached hydrogen (secondary N) is 1. The van der Waals surface area contributed by atoms with E-state index in [4.69, 9.17) is 10.5 Å². The fourth-order valence-corrected chi connectivity index (χ4v) is 4.60. The topological polar surface area (TPSA) is 64.3 Å². The third-order valence-electron chi connectivity index (χ3n) is 3.41. The number of carbonyl (C=O) groups excluding carboxylic acids is 1. The molecule has 2 aliphatic rings. The van der Waals surface area contributed by atoms with Crippen LogP contribution in [-0.2, 0) is 9.53 Å². The van der Waals surface area contributed by atoms with Crippen LogP contribution in [0.15, 0.2) is 0 Å². The van der Waals surface area contributed by atoms with Crippen molar-refractivity contribution >= 4 is 29.4 Å². The van der Waals surface area contributed by atoms with Crippen LogP contribution in [-0.4, -0.2) is 54.2 Å². The van der Waals surface area contributed by atoms with Crippen molar-refractivity contribution in [2.24, 2.45) is 11.1 Å². The average Bonchev–Trinajstić information content (AvgIpc) is 2.69. The molecular formula is C11H20N2O2S2. The van der Waals surface area contributed by atoms with Gasteiger partial charge < -0.3 is 15.8 Å². The van der Waals surface area contributed by atoms with E-state index >= 15 is 0 Å². The summed E-state index contributed by atoms with van der Waals surface area (Å²) >= 11 is 3.91. The van der Waals surface area contributed by atoms with Crippen LogP contribution in [0.1, 0.15) is 6.92 Å². The normalized spacial score (nSPS) is 38.0. The van der Waals surface area contributed by atoms with Crippen LogP contribution in [0.3, 0.4) is 0 Å². The van der Waals surface area contributed by atoms with Gasteiger partial charge in [0.1, 0.15) is 0 Å². The molecule has 3 atom stereocenters. The van der Waals surface area contributed by atoms with E-state index in [2.05, 4.69) is 5.32 Å². The lowest BCUT2D eigenvalue weighted by atomic mass is 9.85. The van der Waals surface area contributed by atoms with Gasteiger partial charge in [-0.25, -0.2) is 0 Å². The Balaban J connectivity index is 1.80. The lowest BCUT2D eigenvalue weighted by molar-refractivity contribution is -0.130. The molecule has 2 fully saturated rings. The summed E-state index contributed by atoms with van der Waals surface area (Å²) in [5.74, 6) is 3.58. The monoisotopic (exact) mass is 276 g/mol. The van der Waals surface area contributed by atoms with E-state index in [1.54, 1.807) is 0 Å². The van der Waals surface area contributed by atoms with Gasteiger partial charge in [0, 0.05) is 35.1 Å². The highest BCUT2D eigenvalue weighted by Crippen LogP contribution is 2.28. The van der Waals surface area contributed by atoms with Crippen molar-refractivity contribution in [3.63, 3.8) is 0 Å². The van der Waals surface area contributed by atoms with Crippen molar-refractivity contribution in [2.45, 2.75) is 18.2 Å². The van der Waals surface area contributed by atoms with Gasteiger partial charge in [-0.05, 0) is 6.92 Å². The summed E-state index contributed by atoms with van der Waals surface area (Å²) in [6.07, 6.45) is 0. The zero-order valence-corrected chi connectivity index (χ0v) is 11.7. The van der Waals surface area contributed by atoms with Gasteiger partial charge in [0.15, 0.2) is 0 Å². The van der Waals surface area contributed by atoms with Gasteiger partial charge in [0.25, 0.3) is 0 Å². The quantitative estimate of drug-likeness (QED) is 0.777. The van der Waals surface area contributed by atoms with Gasteiger partial charge in [0.2, 0.25) is 5.91 Å². The van der Waals surface area contributed by atoms with E-state index in [0.717, 1.165) is 12.3 Å². The molecule has 0 saturated carbocycles. The number of rotatable bonds is 3. The van der Waals surface area contributed by atoms with E-state index in [9.17, 15) is 4.79 Å². The number of nitrogens with two attached hydrogens (primary N) is 1. The molecule has 3 N–H and O–H groups in total. The van der Waals surface area contributed by atoms with Crippen molar-refractivity contribution in [2.75, 3.05) is 37.0 Å². The predicted octanol–water partition coefficient (Wildman–Crippen LogP) is 0.315. The predicted molar refractivity (Wildman–Crippen MR) is 73.5 cm³/mol. The fraction of sp³-hybridized carbons (Fsp3) is 0.909. The van der Waals surface area contributed by atoms with E-state index < -0.39 is 5.41 Å². The maximum atomic E-state index is 12.1. The Labute approximate surface area is 111 Å². The van der Waals surface area contributed by atoms with E-state index in [1.807, 2.05) is 30.4 Å². The summed E-state index contributed by atoms with van der Waals surface area (Å²) in [4.78, 5) is 12.1. The molecule has 0 spiro atoms. The smallest absolute Gasteiger partial charge is 0.229 e. The SMILES string of the molecule is CC1(C(=O)NCC2CSCCS2)COCC1N. The first-order valence-electron chi connectivity index (χ1n) is 5.94. The Morgan fingerprint density at radius 2 is 2.41 bits per heavy atom. The Morgan fingerprint density at radius 1 is 1.59 bits per heavy atom. The number of thioether (sulfide) groups is 2. The Morgan fingerprint density at radius 3 is 3.00 bits per heavy atom. The maximum absolute atomic E-state index is 12.1. The summed E-state index contributed by atoms with van der Waals surface area (Å²) in [6.45, 7) is 3.56. The molecule has 4 nitrogen and oxygen atoms in total. The second-order valence-electron chi connectivity index (χ2n) is 4.82. The van der Waals surface area contributed by atoms with E-state index in [0.29, 0.717) is 18.5 Å². The van der Waals surface area contributed by atoms with Crippen LogP contribution in [0, 0.1) is 5.41 Å². The van der Waals surface area contributed by atoms with Gasteiger partial charge in [0.05, 0.1) is 18.6 Å². The number of hydrogen-bond acceptors (Lipinski definition) is 5. The van der Waals surface area contributed by atoms with Gasteiger partial charge >= 0.3 is 0 Å². The van der Waals surface area contributed by atoms with Crippen LogP contribution in [0.5, 0.6) is 0 Å². The summed E-state index contributed by atoms with van der Waals surface area (Å²) in [7, 11) is 0. The summed E-state index contributed by atoms with van der Waals surface area (Å²) < 4.78 is 5.29. The standard InChI is InChI=1S/C11H20N2O2S2/c1-11(7-15-5-9(11)12)10(14)13-4-8-6-16-2-3-17-8/h8-9H,2-7,12H2,1H3,(H,13,14). The molecule has 98 valence electrons. The molecule has 2 saturated heterocycles. The lowest BCUT2D eigenvalue weighted by Crippen LogP contribution is -2.51. The highest BCUT2D eigenvalue weighted by Gasteiger charge is 2.44. The van der Waals surface area contributed by atoms with Crippen LogP contribution in [0.25, 0.3) is 0 Å². The van der Waals surface area contributed by atoms with Gasteiger partial charge in [-0.3, -0.25) is 4.79 Å². The summed E-state index contributed by atoms with van der Waals surface area (Å²) in [5, 5.41) is 3.57. The van der Waals surface area contributed by atoms with Crippen molar-refractivity contribution in [3.8, 4) is 0 Å². The first-order chi connectivity index (χ1) is 8.13. The number of amides is 1. The first kappa shape index (κ1) is 13.5. The molecule has 6 heteroatoms. The largest absolute Gasteiger partial charge is 0.379 e. The lowest BCUT2D eigenvalue weighted by Gasteiger charge is -2.27. The molecule has 2 aliphatic heterocycles. The number of hydrogen-bond donors (Lipinski definition) is 2. The van der Waals surface area contributed by atoms with Crippen LogP contribution in [0.4, 0.5) is 0 Å². The van der Waals surface area contributed by atoms with Crippen LogP contribution >= 0.6 is 23.5 Å². The molecule has 0 aromatic heterocycles. The van der Waals surface area contributed by atoms with Gasteiger partial charge in [-0.2, -0.15) is 23.5 Å². The minimum absolute atomic E-state index is 0.0404. The highest BCUT2D eigenvalue weighted by molar-refractivity contribution is 8.06. The van der Waals surface area contributed by atoms with Gasteiger partial charge in [-0.15, -0.1) is 0 Å². The molecule has 1 amide bonds. The molecule has 0 aliphatic carbocycles. The Kier molecular flexibility index (Phi) is 4.63. The van der Waals surface area contributed by atoms with Crippen molar-refractivity contribution in [1.29, 1.82) is 0 Å². The fourth-order valence-electron chi connectivity index (χ4n) is 1.99. The molecule has 0 aromatic carbocycles. The highest BCUT2D eigenvalue weighted by atomic mass is 32.2. The third kappa shape index (κ3) is 3.10.